The first kappa shape index (κ1) is 8.84. The Morgan fingerprint density at radius 3 is 2.92 bits per heavy atom. The molecule has 2 bridgehead atoms. The van der Waals surface area contributed by atoms with Crippen LogP contribution in [0.25, 0.3) is 0 Å². The SMILES string of the molecule is C#C[C@H]1CC[C@@H]2CCN1C[C@@H]2C=C. The van der Waals surface area contributed by atoms with E-state index in [-0.39, 0.29) is 0 Å². The maximum Gasteiger partial charge on any atom is 0.0712 e. The van der Waals surface area contributed by atoms with Gasteiger partial charge in [0, 0.05) is 6.54 Å². The van der Waals surface area contributed by atoms with Crippen molar-refractivity contribution in [1.29, 1.82) is 0 Å². The Morgan fingerprint density at radius 1 is 1.38 bits per heavy atom. The van der Waals surface area contributed by atoms with Crippen LogP contribution in [0.5, 0.6) is 0 Å². The normalized spacial score (nSPS) is 43.6. The molecule has 3 aliphatic heterocycles. The van der Waals surface area contributed by atoms with Gasteiger partial charge in [-0.15, -0.1) is 13.0 Å². The third-order valence-electron chi connectivity index (χ3n) is 3.58. The highest BCUT2D eigenvalue weighted by atomic mass is 15.2. The molecule has 0 aromatic carbocycles. The molecule has 0 N–H and O–H groups in total. The van der Waals surface area contributed by atoms with Gasteiger partial charge < -0.3 is 0 Å². The molecule has 0 aliphatic carbocycles. The Morgan fingerprint density at radius 2 is 2.23 bits per heavy atom. The van der Waals surface area contributed by atoms with Crippen LogP contribution in [0.15, 0.2) is 12.7 Å². The van der Waals surface area contributed by atoms with Gasteiger partial charge in [0.25, 0.3) is 0 Å². The molecule has 13 heavy (non-hydrogen) atoms. The van der Waals surface area contributed by atoms with Crippen molar-refractivity contribution in [1.82, 2.24) is 4.90 Å². The second kappa shape index (κ2) is 3.55. The van der Waals surface area contributed by atoms with E-state index in [9.17, 15) is 0 Å². The van der Waals surface area contributed by atoms with Crippen LogP contribution in [0.4, 0.5) is 0 Å². The molecule has 1 unspecified atom stereocenters. The molecule has 0 aromatic heterocycles. The van der Waals surface area contributed by atoms with Crippen LogP contribution < -0.4 is 0 Å². The fourth-order valence-electron chi connectivity index (χ4n) is 2.71. The summed E-state index contributed by atoms with van der Waals surface area (Å²) in [6, 6.07) is 0.398. The van der Waals surface area contributed by atoms with E-state index in [2.05, 4.69) is 23.5 Å². The number of terminal acetylenes is 1. The van der Waals surface area contributed by atoms with Gasteiger partial charge in [-0.1, -0.05) is 12.0 Å². The third kappa shape index (κ3) is 1.51. The van der Waals surface area contributed by atoms with Crippen LogP contribution in [0, 0.1) is 24.2 Å². The van der Waals surface area contributed by atoms with E-state index in [1.54, 1.807) is 0 Å². The standard InChI is InChI=1S/C12H17N/c1-3-10-9-13-8-7-11(10)5-6-12(13)4-2/h2-3,10-12H,1,5-9H2/t10-,11+,12-/m0/s1. The highest BCUT2D eigenvalue weighted by Gasteiger charge is 2.34. The van der Waals surface area contributed by atoms with Gasteiger partial charge in [-0.25, -0.2) is 0 Å². The van der Waals surface area contributed by atoms with E-state index in [1.807, 2.05) is 0 Å². The molecule has 3 saturated heterocycles. The van der Waals surface area contributed by atoms with Crippen LogP contribution in [0.2, 0.25) is 0 Å². The Kier molecular flexibility index (Phi) is 2.42. The van der Waals surface area contributed by atoms with Gasteiger partial charge in [-0.05, 0) is 37.6 Å². The first-order valence-electron chi connectivity index (χ1n) is 5.18. The number of piperidine rings is 1. The van der Waals surface area contributed by atoms with Gasteiger partial charge in [0.05, 0.1) is 6.04 Å². The molecule has 70 valence electrons. The van der Waals surface area contributed by atoms with Gasteiger partial charge in [-0.2, -0.15) is 0 Å². The van der Waals surface area contributed by atoms with Crippen LogP contribution >= 0.6 is 0 Å². The minimum atomic E-state index is 0.398. The molecule has 0 amide bonds. The second-order valence-corrected chi connectivity index (χ2v) is 4.20. The largest absolute Gasteiger partial charge is 0.289 e. The van der Waals surface area contributed by atoms with Crippen LogP contribution in [0.1, 0.15) is 19.3 Å². The van der Waals surface area contributed by atoms with Crippen molar-refractivity contribution in [2.45, 2.75) is 25.3 Å². The summed E-state index contributed by atoms with van der Waals surface area (Å²) in [4.78, 5) is 2.45. The van der Waals surface area contributed by atoms with Crippen molar-refractivity contribution in [2.24, 2.45) is 11.8 Å². The van der Waals surface area contributed by atoms with Gasteiger partial charge >= 0.3 is 0 Å². The molecule has 3 fully saturated rings. The average molecular weight is 175 g/mol. The van der Waals surface area contributed by atoms with Gasteiger partial charge in [0.1, 0.15) is 0 Å². The lowest BCUT2D eigenvalue weighted by Gasteiger charge is -2.34. The van der Waals surface area contributed by atoms with Crippen molar-refractivity contribution in [3.05, 3.63) is 12.7 Å². The molecule has 3 rings (SSSR count). The summed E-state index contributed by atoms with van der Waals surface area (Å²) in [5, 5.41) is 0. The summed E-state index contributed by atoms with van der Waals surface area (Å²) in [6.07, 6.45) is 11.4. The summed E-state index contributed by atoms with van der Waals surface area (Å²) in [6.45, 7) is 6.26. The molecule has 3 aliphatic rings. The fraction of sp³-hybridized carbons (Fsp3) is 0.667. The maximum absolute atomic E-state index is 5.53. The minimum absolute atomic E-state index is 0.398. The first-order chi connectivity index (χ1) is 6.35. The number of fused-ring (bicyclic) bond motifs is 4. The molecule has 1 nitrogen and oxygen atoms in total. The number of rotatable bonds is 1. The molecule has 0 aromatic rings. The highest BCUT2D eigenvalue weighted by Crippen LogP contribution is 2.34. The monoisotopic (exact) mass is 175 g/mol. The lowest BCUT2D eigenvalue weighted by atomic mass is 9.85. The quantitative estimate of drug-likeness (QED) is 0.434. The van der Waals surface area contributed by atoms with Crippen molar-refractivity contribution in [2.75, 3.05) is 13.1 Å². The van der Waals surface area contributed by atoms with E-state index in [4.69, 9.17) is 6.42 Å². The molecule has 0 saturated carbocycles. The molecule has 3 heterocycles. The highest BCUT2D eigenvalue weighted by molar-refractivity contribution is 5.06. The summed E-state index contributed by atoms with van der Waals surface area (Å²) in [5.74, 6) is 4.45. The number of hydrogen-bond donors (Lipinski definition) is 0. The predicted molar refractivity (Wildman–Crippen MR) is 55.2 cm³/mol. The molecule has 0 spiro atoms. The van der Waals surface area contributed by atoms with Crippen LogP contribution in [-0.2, 0) is 0 Å². The van der Waals surface area contributed by atoms with E-state index < -0.39 is 0 Å². The maximum atomic E-state index is 5.53. The van der Waals surface area contributed by atoms with Gasteiger partial charge in [0.15, 0.2) is 0 Å². The van der Waals surface area contributed by atoms with E-state index in [0.29, 0.717) is 12.0 Å². The Labute approximate surface area is 80.8 Å². The molecular weight excluding hydrogens is 158 g/mol. The summed E-state index contributed by atoms with van der Waals surface area (Å²) >= 11 is 0. The van der Waals surface area contributed by atoms with E-state index in [0.717, 1.165) is 12.5 Å². The van der Waals surface area contributed by atoms with Crippen molar-refractivity contribution < 1.29 is 0 Å². The topological polar surface area (TPSA) is 3.24 Å². The lowest BCUT2D eigenvalue weighted by Crippen LogP contribution is -2.41. The van der Waals surface area contributed by atoms with Crippen molar-refractivity contribution >= 4 is 0 Å². The second-order valence-electron chi connectivity index (χ2n) is 4.20. The minimum Gasteiger partial charge on any atom is -0.289 e. The smallest absolute Gasteiger partial charge is 0.0712 e. The number of hydrogen-bond acceptors (Lipinski definition) is 1. The zero-order chi connectivity index (χ0) is 9.26. The van der Waals surface area contributed by atoms with Crippen LogP contribution in [0.3, 0.4) is 0 Å². The fourth-order valence-corrected chi connectivity index (χ4v) is 2.71. The van der Waals surface area contributed by atoms with Gasteiger partial charge in [-0.3, -0.25) is 4.90 Å². The van der Waals surface area contributed by atoms with Crippen molar-refractivity contribution in [3.8, 4) is 12.3 Å². The number of nitrogens with zero attached hydrogens (tertiary/aromatic N) is 1. The Bertz CT molecular complexity index is 238. The zero-order valence-electron chi connectivity index (χ0n) is 8.08. The average Bonchev–Trinajstić information content (AvgIpc) is 2.47. The Balaban J connectivity index is 2.16. The summed E-state index contributed by atoms with van der Waals surface area (Å²) in [5.41, 5.74) is 0. The molecule has 4 atom stereocenters. The van der Waals surface area contributed by atoms with Crippen molar-refractivity contribution in [3.63, 3.8) is 0 Å². The summed E-state index contributed by atoms with van der Waals surface area (Å²) < 4.78 is 0. The molecule has 0 radical (unpaired) electrons. The summed E-state index contributed by atoms with van der Waals surface area (Å²) in [7, 11) is 0. The first-order valence-corrected chi connectivity index (χ1v) is 5.18. The third-order valence-corrected chi connectivity index (χ3v) is 3.58. The van der Waals surface area contributed by atoms with Crippen LogP contribution in [-0.4, -0.2) is 24.0 Å². The molecular formula is C12H17N. The predicted octanol–water partition coefficient (Wildman–Crippen LogP) is 1.91. The molecule has 1 heteroatoms. The zero-order valence-corrected chi connectivity index (χ0v) is 8.08. The van der Waals surface area contributed by atoms with Gasteiger partial charge in [0.2, 0.25) is 0 Å². The van der Waals surface area contributed by atoms with E-state index >= 15 is 0 Å². The van der Waals surface area contributed by atoms with E-state index in [1.165, 1.54) is 25.8 Å². The Hall–Kier alpha value is -0.740. The lowest BCUT2D eigenvalue weighted by molar-refractivity contribution is 0.161.